The number of amides is 1. The average molecular weight is 450 g/mol. The fraction of sp³-hybridized carbons (Fsp3) is 0.240. The summed E-state index contributed by atoms with van der Waals surface area (Å²) >= 11 is 0. The van der Waals surface area contributed by atoms with Crippen LogP contribution in [0.4, 0.5) is 5.69 Å². The van der Waals surface area contributed by atoms with Crippen LogP contribution in [0.25, 0.3) is 0 Å². The zero-order valence-electron chi connectivity index (χ0n) is 17.8. The lowest BCUT2D eigenvalue weighted by atomic mass is 10.1. The molecule has 1 aliphatic rings. The smallest absolute Gasteiger partial charge is 0.241 e. The van der Waals surface area contributed by atoms with Crippen molar-refractivity contribution < 1.29 is 13.2 Å². The van der Waals surface area contributed by atoms with Crippen LogP contribution in [0.5, 0.6) is 0 Å². The second-order valence-corrected chi connectivity index (χ2v) is 9.54. The molecular weight excluding hydrogens is 422 g/mol. The molecule has 1 fully saturated rings. The molecule has 3 aromatic carbocycles. The molecule has 1 N–H and O–H groups in total. The van der Waals surface area contributed by atoms with E-state index in [2.05, 4.69) is 21.8 Å². The van der Waals surface area contributed by atoms with E-state index in [0.29, 0.717) is 32.6 Å². The zero-order valence-corrected chi connectivity index (χ0v) is 18.6. The molecular formula is C25H27N3O3S. The van der Waals surface area contributed by atoms with Gasteiger partial charge in [-0.1, -0.05) is 66.7 Å². The lowest BCUT2D eigenvalue weighted by Gasteiger charge is -2.37. The molecule has 166 valence electrons. The highest BCUT2D eigenvalue weighted by atomic mass is 32.2. The van der Waals surface area contributed by atoms with Crippen molar-refractivity contribution in [2.24, 2.45) is 0 Å². The number of hydrogen-bond acceptors (Lipinski definition) is 4. The third-order valence-corrected chi connectivity index (χ3v) is 7.13. The number of para-hydroxylation sites is 1. The Morgan fingerprint density at radius 3 is 1.91 bits per heavy atom. The van der Waals surface area contributed by atoms with Gasteiger partial charge in [-0.3, -0.25) is 4.79 Å². The highest BCUT2D eigenvalue weighted by Crippen LogP contribution is 2.17. The number of anilines is 1. The molecule has 0 saturated carbocycles. The van der Waals surface area contributed by atoms with Crippen LogP contribution in [0.15, 0.2) is 95.9 Å². The van der Waals surface area contributed by atoms with Crippen molar-refractivity contribution in [3.05, 3.63) is 96.6 Å². The molecule has 32 heavy (non-hydrogen) atoms. The summed E-state index contributed by atoms with van der Waals surface area (Å²) in [5.74, 6) is -0.193. The monoisotopic (exact) mass is 449 g/mol. The van der Waals surface area contributed by atoms with E-state index in [-0.39, 0.29) is 10.8 Å². The maximum atomic E-state index is 13.4. The minimum absolute atomic E-state index is 0.153. The molecule has 7 heteroatoms. The van der Waals surface area contributed by atoms with Crippen LogP contribution in [0.1, 0.15) is 5.56 Å². The molecule has 0 aliphatic carbocycles. The van der Waals surface area contributed by atoms with Crippen molar-refractivity contribution in [2.75, 3.05) is 31.1 Å². The summed E-state index contributed by atoms with van der Waals surface area (Å²) < 4.78 is 28.6. The van der Waals surface area contributed by atoms with Gasteiger partial charge in [-0.05, 0) is 36.2 Å². The van der Waals surface area contributed by atoms with Gasteiger partial charge in [-0.2, -0.15) is 4.72 Å². The number of carbonyl (C=O) groups excluding carboxylic acids is 1. The summed E-state index contributed by atoms with van der Waals surface area (Å²) in [7, 11) is -3.82. The predicted molar refractivity (Wildman–Crippen MR) is 126 cm³/mol. The third kappa shape index (κ3) is 5.36. The molecule has 0 radical (unpaired) electrons. The number of rotatable bonds is 7. The van der Waals surface area contributed by atoms with Crippen LogP contribution in [0, 0.1) is 0 Å². The molecule has 1 amide bonds. The third-order valence-electron chi connectivity index (χ3n) is 5.64. The second-order valence-electron chi connectivity index (χ2n) is 7.82. The standard InChI is InChI=1S/C25H27N3O3S/c29-25(28-18-16-27(17-19-28)22-12-6-2-7-13-22)24(20-21-10-4-1-5-11-21)26-32(30,31)23-14-8-3-9-15-23/h1-15,24,26H,16-20H2/t24-/m1/s1. The number of sulfonamides is 1. The summed E-state index contributed by atoms with van der Waals surface area (Å²) in [5, 5.41) is 0. The molecule has 1 heterocycles. The minimum Gasteiger partial charge on any atom is -0.368 e. The number of carbonyl (C=O) groups is 1. The van der Waals surface area contributed by atoms with Crippen molar-refractivity contribution in [3.8, 4) is 0 Å². The van der Waals surface area contributed by atoms with E-state index in [0.717, 1.165) is 11.3 Å². The van der Waals surface area contributed by atoms with Gasteiger partial charge in [-0.25, -0.2) is 8.42 Å². The quantitative estimate of drug-likeness (QED) is 0.602. The zero-order chi connectivity index (χ0) is 22.4. The van der Waals surface area contributed by atoms with Gasteiger partial charge >= 0.3 is 0 Å². The maximum Gasteiger partial charge on any atom is 0.241 e. The van der Waals surface area contributed by atoms with Crippen LogP contribution in [-0.4, -0.2) is 51.4 Å². The summed E-state index contributed by atoms with van der Waals surface area (Å²) in [6.45, 7) is 2.51. The maximum absolute atomic E-state index is 13.4. The van der Waals surface area contributed by atoms with Crippen LogP contribution in [0.2, 0.25) is 0 Å². The van der Waals surface area contributed by atoms with E-state index >= 15 is 0 Å². The Morgan fingerprint density at radius 2 is 1.31 bits per heavy atom. The van der Waals surface area contributed by atoms with Gasteiger partial charge in [0.1, 0.15) is 6.04 Å². The summed E-state index contributed by atoms with van der Waals surface area (Å²) in [5.41, 5.74) is 2.04. The molecule has 1 aliphatic heterocycles. The van der Waals surface area contributed by atoms with E-state index in [1.165, 1.54) is 12.1 Å². The van der Waals surface area contributed by atoms with E-state index in [1.807, 2.05) is 48.5 Å². The van der Waals surface area contributed by atoms with Gasteiger partial charge in [0.2, 0.25) is 15.9 Å². The van der Waals surface area contributed by atoms with E-state index in [4.69, 9.17) is 0 Å². The largest absolute Gasteiger partial charge is 0.368 e. The van der Waals surface area contributed by atoms with Crippen molar-refractivity contribution in [1.29, 1.82) is 0 Å². The molecule has 1 atom stereocenters. The topological polar surface area (TPSA) is 69.7 Å². The molecule has 0 unspecified atom stereocenters. The van der Waals surface area contributed by atoms with Gasteiger partial charge in [0, 0.05) is 31.9 Å². The molecule has 1 saturated heterocycles. The minimum atomic E-state index is -3.82. The first kappa shape index (κ1) is 22.0. The first-order valence-corrected chi connectivity index (χ1v) is 12.2. The number of piperazine rings is 1. The van der Waals surface area contributed by atoms with E-state index in [1.54, 1.807) is 23.1 Å². The Morgan fingerprint density at radius 1 is 0.781 bits per heavy atom. The normalized spacial score (nSPS) is 15.4. The van der Waals surface area contributed by atoms with Gasteiger partial charge in [0.15, 0.2) is 0 Å². The molecule has 6 nitrogen and oxygen atoms in total. The number of hydrogen-bond donors (Lipinski definition) is 1. The van der Waals surface area contributed by atoms with Crippen LogP contribution in [0.3, 0.4) is 0 Å². The summed E-state index contributed by atoms with van der Waals surface area (Å²) in [4.78, 5) is 17.6. The Hall–Kier alpha value is -3.16. The first-order valence-electron chi connectivity index (χ1n) is 10.7. The van der Waals surface area contributed by atoms with Crippen molar-refractivity contribution in [1.82, 2.24) is 9.62 Å². The highest BCUT2D eigenvalue weighted by molar-refractivity contribution is 7.89. The van der Waals surface area contributed by atoms with Gasteiger partial charge < -0.3 is 9.80 Å². The summed E-state index contributed by atoms with van der Waals surface area (Å²) in [6.07, 6.45) is 0.296. The predicted octanol–water partition coefficient (Wildman–Crippen LogP) is 2.93. The van der Waals surface area contributed by atoms with Crippen molar-refractivity contribution in [3.63, 3.8) is 0 Å². The van der Waals surface area contributed by atoms with Crippen LogP contribution >= 0.6 is 0 Å². The van der Waals surface area contributed by atoms with Crippen LogP contribution < -0.4 is 9.62 Å². The van der Waals surface area contributed by atoms with Gasteiger partial charge in [0.05, 0.1) is 4.90 Å². The SMILES string of the molecule is O=C([C@@H](Cc1ccccc1)NS(=O)(=O)c1ccccc1)N1CCN(c2ccccc2)CC1. The van der Waals surface area contributed by atoms with Crippen molar-refractivity contribution >= 4 is 21.6 Å². The lowest BCUT2D eigenvalue weighted by molar-refractivity contribution is -0.133. The molecule has 0 bridgehead atoms. The van der Waals surface area contributed by atoms with Gasteiger partial charge in [0.25, 0.3) is 0 Å². The fourth-order valence-corrected chi connectivity index (χ4v) is 5.14. The van der Waals surface area contributed by atoms with E-state index in [9.17, 15) is 13.2 Å². The van der Waals surface area contributed by atoms with Gasteiger partial charge in [-0.15, -0.1) is 0 Å². The Balaban J connectivity index is 1.50. The Bertz CT molecular complexity index is 1110. The molecule has 0 aromatic heterocycles. The lowest BCUT2D eigenvalue weighted by Crippen LogP contribution is -2.55. The molecule has 4 rings (SSSR count). The molecule has 3 aromatic rings. The fourth-order valence-electron chi connectivity index (χ4n) is 3.93. The Kier molecular flexibility index (Phi) is 6.87. The van der Waals surface area contributed by atoms with E-state index < -0.39 is 16.1 Å². The first-order chi connectivity index (χ1) is 15.5. The average Bonchev–Trinajstić information content (AvgIpc) is 2.85. The number of benzene rings is 3. The summed E-state index contributed by atoms with van der Waals surface area (Å²) in [6, 6.07) is 26.9. The number of nitrogens with one attached hydrogen (secondary N) is 1. The van der Waals surface area contributed by atoms with Crippen LogP contribution in [-0.2, 0) is 21.2 Å². The highest BCUT2D eigenvalue weighted by Gasteiger charge is 2.31. The van der Waals surface area contributed by atoms with Crippen molar-refractivity contribution in [2.45, 2.75) is 17.4 Å². The Labute approximate surface area is 189 Å². The second kappa shape index (κ2) is 9.97. The number of nitrogens with zero attached hydrogens (tertiary/aromatic N) is 2. The molecule has 0 spiro atoms.